The molecule has 0 fully saturated rings. The number of non-ortho nitro benzene ring substituents is 1. The zero-order valence-electron chi connectivity index (χ0n) is 17.4. The normalized spacial score (nSPS) is 10.5. The van der Waals surface area contributed by atoms with Crippen LogP contribution in [0.25, 0.3) is 22.8 Å². The van der Waals surface area contributed by atoms with Crippen molar-refractivity contribution in [3.05, 3.63) is 82.9 Å². The Balaban J connectivity index is 1.44. The number of methoxy groups -OCH3 is 1. The van der Waals surface area contributed by atoms with Gasteiger partial charge in [0.15, 0.2) is 6.61 Å². The summed E-state index contributed by atoms with van der Waals surface area (Å²) >= 11 is 0. The van der Waals surface area contributed by atoms with Gasteiger partial charge >= 0.3 is 0 Å². The van der Waals surface area contributed by atoms with Gasteiger partial charge in [0.25, 0.3) is 17.5 Å². The highest BCUT2D eigenvalue weighted by molar-refractivity contribution is 5.95. The van der Waals surface area contributed by atoms with Crippen molar-refractivity contribution in [1.82, 2.24) is 10.1 Å². The van der Waals surface area contributed by atoms with E-state index in [2.05, 4.69) is 15.5 Å². The number of carbonyl (C=O) groups is 1. The lowest BCUT2D eigenvalue weighted by Crippen LogP contribution is -2.20. The summed E-state index contributed by atoms with van der Waals surface area (Å²) in [6.07, 6.45) is 0. The first kappa shape index (κ1) is 21.5. The maximum absolute atomic E-state index is 12.4. The van der Waals surface area contributed by atoms with Crippen LogP contribution in [0.5, 0.6) is 11.5 Å². The third-order valence-electron chi connectivity index (χ3n) is 4.62. The lowest BCUT2D eigenvalue weighted by Gasteiger charge is -2.09. The van der Waals surface area contributed by atoms with Gasteiger partial charge in [0.2, 0.25) is 5.82 Å². The van der Waals surface area contributed by atoms with E-state index in [9.17, 15) is 14.9 Å². The second-order valence-electron chi connectivity index (χ2n) is 6.79. The van der Waals surface area contributed by atoms with Gasteiger partial charge in [-0.25, -0.2) is 0 Å². The number of hydrogen-bond acceptors (Lipinski definition) is 8. The van der Waals surface area contributed by atoms with E-state index < -0.39 is 10.8 Å². The molecular weight excluding hydrogens is 428 g/mol. The van der Waals surface area contributed by atoms with E-state index in [1.54, 1.807) is 43.5 Å². The van der Waals surface area contributed by atoms with Gasteiger partial charge < -0.3 is 19.3 Å². The van der Waals surface area contributed by atoms with E-state index in [4.69, 9.17) is 14.0 Å². The number of benzene rings is 3. The Morgan fingerprint density at radius 1 is 1.03 bits per heavy atom. The van der Waals surface area contributed by atoms with Gasteiger partial charge in [-0.05, 0) is 48.5 Å². The topological polar surface area (TPSA) is 130 Å². The van der Waals surface area contributed by atoms with Crippen molar-refractivity contribution in [3.63, 3.8) is 0 Å². The lowest BCUT2D eigenvalue weighted by atomic mass is 10.1. The molecule has 1 N–H and O–H groups in total. The summed E-state index contributed by atoms with van der Waals surface area (Å²) in [5.74, 6) is 1.27. The minimum absolute atomic E-state index is 0.0608. The number of para-hydroxylation sites is 1. The number of rotatable bonds is 8. The summed E-state index contributed by atoms with van der Waals surface area (Å²) in [7, 11) is 1.59. The molecule has 166 valence electrons. The fraction of sp³-hybridized carbons (Fsp3) is 0.0870. The molecule has 1 aromatic heterocycles. The Morgan fingerprint density at radius 2 is 1.73 bits per heavy atom. The van der Waals surface area contributed by atoms with Gasteiger partial charge in [0.05, 0.1) is 23.3 Å². The summed E-state index contributed by atoms with van der Waals surface area (Å²) < 4.78 is 16.0. The van der Waals surface area contributed by atoms with Crippen LogP contribution in [-0.4, -0.2) is 34.7 Å². The van der Waals surface area contributed by atoms with E-state index in [1.807, 2.05) is 12.1 Å². The largest absolute Gasteiger partial charge is 0.497 e. The number of amides is 1. The van der Waals surface area contributed by atoms with Crippen LogP contribution in [0.4, 0.5) is 11.4 Å². The molecule has 33 heavy (non-hydrogen) atoms. The molecule has 1 heterocycles. The number of nitrogens with zero attached hydrogens (tertiary/aromatic N) is 3. The lowest BCUT2D eigenvalue weighted by molar-refractivity contribution is -0.384. The zero-order chi connectivity index (χ0) is 23.2. The van der Waals surface area contributed by atoms with Crippen molar-refractivity contribution in [2.24, 2.45) is 0 Å². The number of hydrogen-bond donors (Lipinski definition) is 1. The van der Waals surface area contributed by atoms with Crippen LogP contribution in [0.2, 0.25) is 0 Å². The molecule has 4 rings (SSSR count). The van der Waals surface area contributed by atoms with Crippen LogP contribution < -0.4 is 14.8 Å². The van der Waals surface area contributed by atoms with E-state index in [0.717, 1.165) is 5.56 Å². The molecule has 0 atom stereocenters. The van der Waals surface area contributed by atoms with Gasteiger partial charge in [-0.2, -0.15) is 4.98 Å². The summed E-state index contributed by atoms with van der Waals surface area (Å²) in [5, 5.41) is 17.5. The molecule has 0 radical (unpaired) electrons. The fourth-order valence-electron chi connectivity index (χ4n) is 2.97. The minimum atomic E-state index is -0.509. The molecule has 10 nitrogen and oxygen atoms in total. The molecule has 0 bridgehead atoms. The number of anilines is 1. The smallest absolute Gasteiger partial charge is 0.269 e. The number of aromatic nitrogens is 2. The van der Waals surface area contributed by atoms with Gasteiger partial charge in [0, 0.05) is 17.7 Å². The summed E-state index contributed by atoms with van der Waals surface area (Å²) in [6, 6.07) is 19.7. The van der Waals surface area contributed by atoms with Crippen molar-refractivity contribution in [2.75, 3.05) is 19.0 Å². The van der Waals surface area contributed by atoms with E-state index in [1.165, 1.54) is 24.3 Å². The Bertz CT molecular complexity index is 1270. The van der Waals surface area contributed by atoms with Crippen molar-refractivity contribution in [2.45, 2.75) is 0 Å². The Labute approximate surface area is 187 Å². The first-order valence-electron chi connectivity index (χ1n) is 9.78. The monoisotopic (exact) mass is 446 g/mol. The maximum atomic E-state index is 12.4. The third kappa shape index (κ3) is 5.13. The Kier molecular flexibility index (Phi) is 6.26. The minimum Gasteiger partial charge on any atom is -0.497 e. The molecule has 0 spiro atoms. The number of carbonyl (C=O) groups excluding carboxylic acids is 1. The number of nitro groups is 1. The number of nitrogens with one attached hydrogen (secondary N) is 1. The standard InChI is InChI=1S/C23H18N4O6/c1-31-17-10-6-15(7-11-17)22-25-23(33-26-22)19-4-2-3-5-20(19)24-21(28)14-32-18-12-8-16(9-13-18)27(29)30/h2-13H,14H2,1H3,(H,24,28). The fourth-order valence-corrected chi connectivity index (χ4v) is 2.97. The van der Waals surface area contributed by atoms with Crippen molar-refractivity contribution in [1.29, 1.82) is 0 Å². The molecule has 3 aromatic carbocycles. The maximum Gasteiger partial charge on any atom is 0.269 e. The molecule has 1 amide bonds. The van der Waals surface area contributed by atoms with Crippen LogP contribution in [0.1, 0.15) is 0 Å². The third-order valence-corrected chi connectivity index (χ3v) is 4.62. The van der Waals surface area contributed by atoms with Crippen LogP contribution in [-0.2, 0) is 4.79 Å². The molecule has 0 saturated heterocycles. The predicted octanol–water partition coefficient (Wildman–Crippen LogP) is 4.34. The highest BCUT2D eigenvalue weighted by atomic mass is 16.6. The number of ether oxygens (including phenoxy) is 2. The molecule has 0 aliphatic heterocycles. The quantitative estimate of drug-likeness (QED) is 0.313. The first-order valence-corrected chi connectivity index (χ1v) is 9.78. The van der Waals surface area contributed by atoms with Crippen LogP contribution in [0.3, 0.4) is 0 Å². The predicted molar refractivity (Wildman–Crippen MR) is 119 cm³/mol. The highest BCUT2D eigenvalue weighted by Gasteiger charge is 2.16. The molecule has 0 aliphatic rings. The van der Waals surface area contributed by atoms with Gasteiger partial charge in [-0.3, -0.25) is 14.9 Å². The van der Waals surface area contributed by atoms with E-state index in [0.29, 0.717) is 28.6 Å². The highest BCUT2D eigenvalue weighted by Crippen LogP contribution is 2.29. The Morgan fingerprint density at radius 3 is 2.42 bits per heavy atom. The van der Waals surface area contributed by atoms with Crippen LogP contribution in [0.15, 0.2) is 77.3 Å². The second kappa shape index (κ2) is 9.60. The Hall–Kier alpha value is -4.73. The van der Waals surface area contributed by atoms with Crippen molar-refractivity contribution >= 4 is 17.3 Å². The van der Waals surface area contributed by atoms with Gasteiger partial charge in [-0.1, -0.05) is 17.3 Å². The summed E-state index contributed by atoms with van der Waals surface area (Å²) in [6.45, 7) is -0.285. The molecule has 0 saturated carbocycles. The summed E-state index contributed by atoms with van der Waals surface area (Å²) in [4.78, 5) is 27.1. The second-order valence-corrected chi connectivity index (χ2v) is 6.79. The van der Waals surface area contributed by atoms with Crippen LogP contribution >= 0.6 is 0 Å². The molecule has 0 aliphatic carbocycles. The SMILES string of the molecule is COc1ccc(-c2noc(-c3ccccc3NC(=O)COc3ccc([N+](=O)[O-])cc3)n2)cc1. The molecule has 4 aromatic rings. The van der Waals surface area contributed by atoms with E-state index in [-0.39, 0.29) is 18.2 Å². The molecular formula is C23H18N4O6. The molecule has 0 unspecified atom stereocenters. The molecule has 10 heteroatoms. The van der Waals surface area contributed by atoms with Crippen molar-refractivity contribution in [3.8, 4) is 34.3 Å². The first-order chi connectivity index (χ1) is 16.0. The van der Waals surface area contributed by atoms with Crippen LogP contribution in [0, 0.1) is 10.1 Å². The average molecular weight is 446 g/mol. The zero-order valence-corrected chi connectivity index (χ0v) is 17.4. The van der Waals surface area contributed by atoms with Crippen molar-refractivity contribution < 1.29 is 23.7 Å². The van der Waals surface area contributed by atoms with Gasteiger partial charge in [-0.15, -0.1) is 0 Å². The number of nitro benzene ring substituents is 1. The van der Waals surface area contributed by atoms with E-state index >= 15 is 0 Å². The average Bonchev–Trinajstić information content (AvgIpc) is 3.33. The summed E-state index contributed by atoms with van der Waals surface area (Å²) in [5.41, 5.74) is 1.71. The van der Waals surface area contributed by atoms with Gasteiger partial charge in [0.1, 0.15) is 11.5 Å².